The third kappa shape index (κ3) is 3.43. The third-order valence-electron chi connectivity index (χ3n) is 3.18. The first-order valence-corrected chi connectivity index (χ1v) is 6.33. The minimum Gasteiger partial charge on any atom is -0.457 e. The van der Waals surface area contributed by atoms with Gasteiger partial charge in [-0.3, -0.25) is 4.79 Å². The number of ether oxygens (including phenoxy) is 2. The van der Waals surface area contributed by atoms with Gasteiger partial charge < -0.3 is 14.6 Å². The molecule has 1 aliphatic heterocycles. The Morgan fingerprint density at radius 2 is 2.11 bits per heavy atom. The van der Waals surface area contributed by atoms with Gasteiger partial charge in [-0.05, 0) is 12.0 Å². The lowest BCUT2D eigenvalue weighted by molar-refractivity contribution is -0.146. The van der Waals surface area contributed by atoms with E-state index < -0.39 is 18.1 Å². The Kier molecular flexibility index (Phi) is 4.71. The highest BCUT2D eigenvalue weighted by atomic mass is 16.6. The maximum absolute atomic E-state index is 11.5. The molecule has 0 saturated carbocycles. The van der Waals surface area contributed by atoms with E-state index >= 15 is 0 Å². The molecule has 1 fully saturated rings. The molecule has 0 amide bonds. The Morgan fingerprint density at radius 1 is 1.37 bits per heavy atom. The lowest BCUT2D eigenvalue weighted by Crippen LogP contribution is -2.30. The van der Waals surface area contributed by atoms with Gasteiger partial charge >= 0.3 is 5.97 Å². The molecule has 1 saturated heterocycles. The molecule has 0 unspecified atom stereocenters. The molecule has 1 aliphatic rings. The first kappa shape index (κ1) is 13.8. The number of carbonyl (C=O) groups is 1. The van der Waals surface area contributed by atoms with Crippen LogP contribution in [0, 0.1) is 5.92 Å². The number of benzene rings is 1. The molecular formula is C15H18O4. The maximum atomic E-state index is 11.5. The van der Waals surface area contributed by atoms with Crippen LogP contribution in [0.2, 0.25) is 0 Å². The molecule has 1 aromatic carbocycles. The fourth-order valence-electron chi connectivity index (χ4n) is 2.12. The van der Waals surface area contributed by atoms with Gasteiger partial charge in [-0.15, -0.1) is 6.58 Å². The van der Waals surface area contributed by atoms with Gasteiger partial charge in [0.25, 0.3) is 0 Å². The molecule has 4 nitrogen and oxygen atoms in total. The summed E-state index contributed by atoms with van der Waals surface area (Å²) in [4.78, 5) is 11.5. The van der Waals surface area contributed by atoms with Crippen LogP contribution in [0.5, 0.6) is 0 Å². The number of rotatable bonds is 6. The molecule has 3 atom stereocenters. The van der Waals surface area contributed by atoms with Gasteiger partial charge in [0.05, 0.1) is 19.1 Å². The van der Waals surface area contributed by atoms with Crippen molar-refractivity contribution < 1.29 is 19.4 Å². The normalized spacial score (nSPS) is 26.2. The van der Waals surface area contributed by atoms with Crippen LogP contribution in [0.3, 0.4) is 0 Å². The summed E-state index contributed by atoms with van der Waals surface area (Å²) in [6.45, 7) is 4.21. The Morgan fingerprint density at radius 3 is 2.79 bits per heavy atom. The smallest absolute Gasteiger partial charge is 0.312 e. The van der Waals surface area contributed by atoms with Crippen molar-refractivity contribution in [1.82, 2.24) is 0 Å². The topological polar surface area (TPSA) is 55.8 Å². The minimum absolute atomic E-state index is 0.204. The molecule has 0 bridgehead atoms. The van der Waals surface area contributed by atoms with Gasteiger partial charge in [0.2, 0.25) is 0 Å². The summed E-state index contributed by atoms with van der Waals surface area (Å²) in [5.41, 5.74) is 1.05. The first-order valence-electron chi connectivity index (χ1n) is 6.33. The monoisotopic (exact) mass is 262 g/mol. The molecule has 1 aromatic rings. The van der Waals surface area contributed by atoms with E-state index in [1.54, 1.807) is 6.08 Å². The number of hydrogen-bond donors (Lipinski definition) is 1. The van der Waals surface area contributed by atoms with Gasteiger partial charge in [0, 0.05) is 0 Å². The molecule has 2 rings (SSSR count). The van der Waals surface area contributed by atoms with Crippen molar-refractivity contribution in [3.63, 3.8) is 0 Å². The highest BCUT2D eigenvalue weighted by Crippen LogP contribution is 2.25. The standard InChI is InChI=1S/C15H18O4/c1-2-6-12-14(16)13(19-15(12)17)10-18-9-11-7-4-3-5-8-11/h2-5,7-8,12-14,16H,1,6,9-10H2/t12-,13-,14+/m1/s1. The highest BCUT2D eigenvalue weighted by Gasteiger charge is 2.42. The molecule has 1 N–H and O–H groups in total. The quantitative estimate of drug-likeness (QED) is 0.626. The summed E-state index contributed by atoms with van der Waals surface area (Å²) in [5, 5.41) is 9.97. The number of aliphatic hydroxyl groups is 1. The van der Waals surface area contributed by atoms with E-state index in [9.17, 15) is 9.90 Å². The van der Waals surface area contributed by atoms with E-state index in [-0.39, 0.29) is 12.6 Å². The number of aliphatic hydroxyl groups excluding tert-OH is 1. The summed E-state index contributed by atoms with van der Waals surface area (Å²) in [7, 11) is 0. The van der Waals surface area contributed by atoms with Crippen molar-refractivity contribution in [3.8, 4) is 0 Å². The number of cyclic esters (lactones) is 1. The number of carbonyl (C=O) groups excluding carboxylic acids is 1. The predicted molar refractivity (Wildman–Crippen MR) is 70.3 cm³/mol. The molecule has 102 valence electrons. The first-order chi connectivity index (χ1) is 9.22. The van der Waals surface area contributed by atoms with Gasteiger partial charge in [0.1, 0.15) is 6.10 Å². The molecule has 0 aliphatic carbocycles. The maximum Gasteiger partial charge on any atom is 0.312 e. The van der Waals surface area contributed by atoms with Crippen LogP contribution < -0.4 is 0 Å². The lowest BCUT2D eigenvalue weighted by Gasteiger charge is -2.15. The molecule has 0 spiro atoms. The van der Waals surface area contributed by atoms with E-state index in [1.807, 2.05) is 30.3 Å². The van der Waals surface area contributed by atoms with Crippen LogP contribution in [0.15, 0.2) is 43.0 Å². The van der Waals surface area contributed by atoms with E-state index in [0.29, 0.717) is 13.0 Å². The number of allylic oxidation sites excluding steroid dienone is 1. The molecular weight excluding hydrogens is 244 g/mol. The minimum atomic E-state index is -0.818. The van der Waals surface area contributed by atoms with E-state index in [1.165, 1.54) is 0 Å². The largest absolute Gasteiger partial charge is 0.457 e. The van der Waals surface area contributed by atoms with E-state index in [0.717, 1.165) is 5.56 Å². The van der Waals surface area contributed by atoms with E-state index in [2.05, 4.69) is 6.58 Å². The Balaban J connectivity index is 1.81. The van der Waals surface area contributed by atoms with Crippen LogP contribution in [-0.4, -0.2) is 29.9 Å². The molecule has 0 aromatic heterocycles. The van der Waals surface area contributed by atoms with E-state index in [4.69, 9.17) is 9.47 Å². The van der Waals surface area contributed by atoms with Crippen LogP contribution in [0.4, 0.5) is 0 Å². The van der Waals surface area contributed by atoms with Crippen molar-refractivity contribution in [2.75, 3.05) is 6.61 Å². The zero-order valence-electron chi connectivity index (χ0n) is 10.7. The van der Waals surface area contributed by atoms with Gasteiger partial charge in [-0.1, -0.05) is 36.4 Å². The van der Waals surface area contributed by atoms with Gasteiger partial charge in [-0.25, -0.2) is 0 Å². The van der Waals surface area contributed by atoms with Crippen LogP contribution in [0.25, 0.3) is 0 Å². The molecule has 1 heterocycles. The Labute approximate surface area is 112 Å². The Bertz CT molecular complexity index is 429. The van der Waals surface area contributed by atoms with Crippen molar-refractivity contribution in [1.29, 1.82) is 0 Å². The lowest BCUT2D eigenvalue weighted by atomic mass is 9.98. The van der Waals surface area contributed by atoms with Crippen LogP contribution in [0.1, 0.15) is 12.0 Å². The van der Waals surface area contributed by atoms with Crippen LogP contribution in [-0.2, 0) is 20.9 Å². The molecule has 0 radical (unpaired) electrons. The summed E-state index contributed by atoms with van der Waals surface area (Å²) in [5.74, 6) is -0.886. The van der Waals surface area contributed by atoms with Crippen molar-refractivity contribution in [3.05, 3.63) is 48.6 Å². The second-order valence-corrected chi connectivity index (χ2v) is 4.60. The zero-order valence-corrected chi connectivity index (χ0v) is 10.7. The SMILES string of the molecule is C=CC[C@H]1C(=O)O[C@H](COCc2ccccc2)[C@H]1O. The molecule has 19 heavy (non-hydrogen) atoms. The summed E-state index contributed by atoms with van der Waals surface area (Å²) >= 11 is 0. The third-order valence-corrected chi connectivity index (χ3v) is 3.18. The average Bonchev–Trinajstić information content (AvgIpc) is 2.68. The fourth-order valence-corrected chi connectivity index (χ4v) is 2.12. The zero-order chi connectivity index (χ0) is 13.7. The summed E-state index contributed by atoms with van der Waals surface area (Å²) < 4.78 is 10.6. The Hall–Kier alpha value is -1.65. The average molecular weight is 262 g/mol. The van der Waals surface area contributed by atoms with Crippen LogP contribution >= 0.6 is 0 Å². The van der Waals surface area contributed by atoms with Crippen molar-refractivity contribution >= 4 is 5.97 Å². The number of esters is 1. The van der Waals surface area contributed by atoms with Crippen molar-refractivity contribution in [2.45, 2.75) is 25.2 Å². The van der Waals surface area contributed by atoms with Gasteiger partial charge in [-0.2, -0.15) is 0 Å². The predicted octanol–water partition coefficient (Wildman–Crippen LogP) is 1.68. The second-order valence-electron chi connectivity index (χ2n) is 4.60. The second kappa shape index (κ2) is 6.50. The van der Waals surface area contributed by atoms with Gasteiger partial charge in [0.15, 0.2) is 6.10 Å². The van der Waals surface area contributed by atoms with Crippen molar-refractivity contribution in [2.24, 2.45) is 5.92 Å². The fraction of sp³-hybridized carbons (Fsp3) is 0.400. The molecule has 4 heteroatoms. The highest BCUT2D eigenvalue weighted by molar-refractivity contribution is 5.75. The summed E-state index contributed by atoms with van der Waals surface area (Å²) in [6, 6.07) is 9.72. The summed E-state index contributed by atoms with van der Waals surface area (Å²) in [6.07, 6.45) is 0.639. The number of hydrogen-bond acceptors (Lipinski definition) is 4.